The summed E-state index contributed by atoms with van der Waals surface area (Å²) in [5, 5.41) is 4.02. The minimum Gasteiger partial charge on any atom is -0.497 e. The average Bonchev–Trinajstić information content (AvgIpc) is 3.15. The molecule has 0 atom stereocenters. The molecule has 1 heterocycles. The molecule has 0 aliphatic rings. The molecule has 6 nitrogen and oxygen atoms in total. The van der Waals surface area contributed by atoms with Gasteiger partial charge in [-0.2, -0.15) is 0 Å². The predicted octanol–water partition coefficient (Wildman–Crippen LogP) is 4.90. The first-order valence-electron chi connectivity index (χ1n) is 10.3. The Balaban J connectivity index is 1.59. The number of amides is 1. The van der Waals surface area contributed by atoms with Gasteiger partial charge in [-0.1, -0.05) is 24.3 Å². The summed E-state index contributed by atoms with van der Waals surface area (Å²) in [4.78, 5) is 12.8. The van der Waals surface area contributed by atoms with Crippen LogP contribution in [0.25, 0.3) is 10.9 Å². The van der Waals surface area contributed by atoms with Gasteiger partial charge in [0.25, 0.3) is 0 Å². The number of hydrogen-bond donors (Lipinski definition) is 1. The van der Waals surface area contributed by atoms with Crippen LogP contribution in [0.4, 0.5) is 5.69 Å². The largest absolute Gasteiger partial charge is 0.497 e. The Labute approximate surface area is 187 Å². The molecule has 0 spiro atoms. The summed E-state index contributed by atoms with van der Waals surface area (Å²) in [6.45, 7) is 0.631. The maximum Gasteiger partial charge on any atom is 0.228 e. The van der Waals surface area contributed by atoms with Crippen molar-refractivity contribution in [2.24, 2.45) is 0 Å². The average molecular weight is 431 g/mol. The van der Waals surface area contributed by atoms with E-state index >= 15 is 0 Å². The number of nitrogens with one attached hydrogen (secondary N) is 1. The molecule has 0 saturated heterocycles. The van der Waals surface area contributed by atoms with E-state index in [0.29, 0.717) is 18.0 Å². The Hall–Kier alpha value is -3.93. The molecule has 3 aromatic carbocycles. The lowest BCUT2D eigenvalue weighted by atomic mass is 10.1. The molecule has 164 valence electrons. The van der Waals surface area contributed by atoms with E-state index in [1.807, 2.05) is 60.8 Å². The molecule has 0 aliphatic carbocycles. The fraction of sp³-hybridized carbons (Fsp3) is 0.192. The van der Waals surface area contributed by atoms with E-state index in [0.717, 1.165) is 33.5 Å². The Morgan fingerprint density at radius 2 is 1.56 bits per heavy atom. The van der Waals surface area contributed by atoms with Gasteiger partial charge in [0.15, 0.2) is 0 Å². The Morgan fingerprint density at radius 3 is 2.28 bits per heavy atom. The molecule has 1 aromatic heterocycles. The standard InChI is InChI=1S/C26H26N2O4/c1-30-21-8-6-7-20(14-21)27-26(29)13-19-17-28(25-10-5-4-9-24(19)25)16-18-11-22(31-2)15-23(12-18)32-3/h4-12,14-15,17H,13,16H2,1-3H3,(H,27,29). The second-order valence-electron chi connectivity index (χ2n) is 7.48. The van der Waals surface area contributed by atoms with E-state index in [2.05, 4.69) is 16.0 Å². The summed E-state index contributed by atoms with van der Waals surface area (Å²) in [5.41, 5.74) is 3.80. The van der Waals surface area contributed by atoms with Gasteiger partial charge < -0.3 is 24.1 Å². The number of hydrogen-bond acceptors (Lipinski definition) is 4. The summed E-state index contributed by atoms with van der Waals surface area (Å²) in [5.74, 6) is 2.11. The highest BCUT2D eigenvalue weighted by Crippen LogP contribution is 2.27. The van der Waals surface area contributed by atoms with Crippen molar-refractivity contribution in [1.82, 2.24) is 4.57 Å². The van der Waals surface area contributed by atoms with Gasteiger partial charge in [-0.05, 0) is 41.5 Å². The van der Waals surface area contributed by atoms with E-state index in [4.69, 9.17) is 14.2 Å². The minimum atomic E-state index is -0.0794. The molecule has 6 heteroatoms. The van der Waals surface area contributed by atoms with Crippen molar-refractivity contribution in [3.8, 4) is 17.2 Å². The number of nitrogens with zero attached hydrogens (tertiary/aromatic N) is 1. The molecular formula is C26H26N2O4. The molecule has 0 saturated carbocycles. The number of aromatic nitrogens is 1. The van der Waals surface area contributed by atoms with Crippen molar-refractivity contribution in [3.05, 3.63) is 84.1 Å². The molecule has 0 fully saturated rings. The van der Waals surface area contributed by atoms with Crippen LogP contribution in [0.3, 0.4) is 0 Å². The third kappa shape index (κ3) is 4.70. The fourth-order valence-electron chi connectivity index (χ4n) is 3.83. The van der Waals surface area contributed by atoms with Gasteiger partial charge in [-0.25, -0.2) is 0 Å². The van der Waals surface area contributed by atoms with E-state index in [-0.39, 0.29) is 12.3 Å². The molecule has 0 aliphatic heterocycles. The topological polar surface area (TPSA) is 61.7 Å². The quantitative estimate of drug-likeness (QED) is 0.432. The van der Waals surface area contributed by atoms with Crippen molar-refractivity contribution < 1.29 is 19.0 Å². The third-order valence-corrected chi connectivity index (χ3v) is 5.34. The van der Waals surface area contributed by atoms with Gasteiger partial charge in [-0.3, -0.25) is 4.79 Å². The first-order chi connectivity index (χ1) is 15.6. The predicted molar refractivity (Wildman–Crippen MR) is 126 cm³/mol. The first-order valence-corrected chi connectivity index (χ1v) is 10.3. The monoisotopic (exact) mass is 430 g/mol. The van der Waals surface area contributed by atoms with Crippen LogP contribution in [0.15, 0.2) is 72.9 Å². The van der Waals surface area contributed by atoms with Crippen LogP contribution in [0, 0.1) is 0 Å². The Kier molecular flexibility index (Phi) is 6.31. The maximum atomic E-state index is 12.8. The van der Waals surface area contributed by atoms with Gasteiger partial charge in [0.2, 0.25) is 5.91 Å². The number of fused-ring (bicyclic) bond motifs is 1. The van der Waals surface area contributed by atoms with Gasteiger partial charge in [0.1, 0.15) is 17.2 Å². The summed E-state index contributed by atoms with van der Waals surface area (Å²) in [7, 11) is 4.89. The lowest BCUT2D eigenvalue weighted by Gasteiger charge is -2.10. The zero-order valence-electron chi connectivity index (χ0n) is 18.4. The van der Waals surface area contributed by atoms with E-state index in [1.54, 1.807) is 27.4 Å². The van der Waals surface area contributed by atoms with Crippen molar-refractivity contribution in [2.75, 3.05) is 26.6 Å². The van der Waals surface area contributed by atoms with Crippen LogP contribution in [0.5, 0.6) is 17.2 Å². The Bertz CT molecular complexity index is 1220. The van der Waals surface area contributed by atoms with Crippen LogP contribution in [0.1, 0.15) is 11.1 Å². The molecule has 0 bridgehead atoms. The van der Waals surface area contributed by atoms with Crippen LogP contribution in [0.2, 0.25) is 0 Å². The molecule has 1 N–H and O–H groups in total. The molecule has 32 heavy (non-hydrogen) atoms. The van der Waals surface area contributed by atoms with E-state index in [1.165, 1.54) is 0 Å². The van der Waals surface area contributed by atoms with Gasteiger partial charge >= 0.3 is 0 Å². The summed E-state index contributed by atoms with van der Waals surface area (Å²) in [6.07, 6.45) is 2.31. The van der Waals surface area contributed by atoms with Crippen molar-refractivity contribution >= 4 is 22.5 Å². The summed E-state index contributed by atoms with van der Waals surface area (Å²) >= 11 is 0. The number of para-hydroxylation sites is 1. The number of carbonyl (C=O) groups is 1. The molecule has 0 radical (unpaired) electrons. The first kappa shape index (κ1) is 21.3. The number of methoxy groups -OCH3 is 3. The van der Waals surface area contributed by atoms with Crippen molar-refractivity contribution in [1.29, 1.82) is 0 Å². The molecule has 1 amide bonds. The van der Waals surface area contributed by atoms with Crippen LogP contribution in [-0.2, 0) is 17.8 Å². The number of ether oxygens (including phenoxy) is 3. The number of anilines is 1. The molecule has 4 rings (SSSR count). The van der Waals surface area contributed by atoms with Gasteiger partial charge in [-0.15, -0.1) is 0 Å². The van der Waals surface area contributed by atoms with E-state index in [9.17, 15) is 4.79 Å². The highest BCUT2D eigenvalue weighted by atomic mass is 16.5. The summed E-state index contributed by atoms with van der Waals surface area (Å²) in [6, 6.07) is 21.3. The van der Waals surface area contributed by atoms with Crippen LogP contribution in [-0.4, -0.2) is 31.8 Å². The second-order valence-corrected chi connectivity index (χ2v) is 7.48. The number of carbonyl (C=O) groups excluding carboxylic acids is 1. The lowest BCUT2D eigenvalue weighted by molar-refractivity contribution is -0.115. The number of benzene rings is 3. The van der Waals surface area contributed by atoms with Crippen molar-refractivity contribution in [3.63, 3.8) is 0 Å². The minimum absolute atomic E-state index is 0.0794. The normalized spacial score (nSPS) is 10.7. The SMILES string of the molecule is COc1cccc(NC(=O)Cc2cn(Cc3cc(OC)cc(OC)c3)c3ccccc23)c1. The zero-order valence-corrected chi connectivity index (χ0v) is 18.4. The number of rotatable bonds is 8. The fourth-order valence-corrected chi connectivity index (χ4v) is 3.83. The summed E-state index contributed by atoms with van der Waals surface area (Å²) < 4.78 is 18.2. The molecular weight excluding hydrogens is 404 g/mol. The van der Waals surface area contributed by atoms with Gasteiger partial charge in [0, 0.05) is 41.5 Å². The second kappa shape index (κ2) is 9.47. The lowest BCUT2D eigenvalue weighted by Crippen LogP contribution is -2.14. The van der Waals surface area contributed by atoms with Crippen molar-refractivity contribution in [2.45, 2.75) is 13.0 Å². The highest BCUT2D eigenvalue weighted by molar-refractivity contribution is 5.96. The highest BCUT2D eigenvalue weighted by Gasteiger charge is 2.13. The molecule has 4 aromatic rings. The third-order valence-electron chi connectivity index (χ3n) is 5.34. The van der Waals surface area contributed by atoms with Crippen LogP contribution < -0.4 is 19.5 Å². The Morgan fingerprint density at radius 1 is 0.844 bits per heavy atom. The van der Waals surface area contributed by atoms with Crippen LogP contribution >= 0.6 is 0 Å². The zero-order chi connectivity index (χ0) is 22.5. The van der Waals surface area contributed by atoms with Gasteiger partial charge in [0.05, 0.1) is 27.8 Å². The maximum absolute atomic E-state index is 12.8. The van der Waals surface area contributed by atoms with E-state index < -0.39 is 0 Å². The smallest absolute Gasteiger partial charge is 0.228 e. The molecule has 0 unspecified atom stereocenters.